The van der Waals surface area contributed by atoms with Gasteiger partial charge in [0.05, 0.1) is 18.9 Å². The van der Waals surface area contributed by atoms with Gasteiger partial charge in [0, 0.05) is 6.54 Å². The molecular weight excluding hydrogens is 244 g/mol. The number of aliphatic carboxylic acids is 1. The normalized spacial score (nSPS) is 11.4. The molecule has 5 nitrogen and oxygen atoms in total. The van der Waals surface area contributed by atoms with Crippen LogP contribution in [0.4, 0.5) is 0 Å². The van der Waals surface area contributed by atoms with Gasteiger partial charge in [0.15, 0.2) is 0 Å². The fourth-order valence-corrected chi connectivity index (χ4v) is 1.71. The molecule has 0 aliphatic carbocycles. The van der Waals surface area contributed by atoms with Crippen LogP contribution in [0.15, 0.2) is 30.3 Å². The minimum Gasteiger partial charge on any atom is -0.480 e. The average Bonchev–Trinajstić information content (AvgIpc) is 2.40. The van der Waals surface area contributed by atoms with Crippen LogP contribution in [0.5, 0.6) is 0 Å². The van der Waals surface area contributed by atoms with E-state index in [1.807, 2.05) is 36.4 Å². The summed E-state index contributed by atoms with van der Waals surface area (Å²) in [6.07, 6.45) is 0.266. The van der Waals surface area contributed by atoms with Crippen LogP contribution in [0.1, 0.15) is 18.9 Å². The maximum Gasteiger partial charge on any atom is 0.326 e. The van der Waals surface area contributed by atoms with E-state index in [9.17, 15) is 9.59 Å². The van der Waals surface area contributed by atoms with E-state index in [4.69, 9.17) is 10.4 Å². The molecule has 1 rings (SSSR count). The van der Waals surface area contributed by atoms with E-state index < -0.39 is 12.0 Å². The topological polar surface area (TPSA) is 81.4 Å². The van der Waals surface area contributed by atoms with E-state index >= 15 is 0 Å². The fraction of sp³-hybridized carbons (Fsp3) is 0.357. The Morgan fingerprint density at radius 2 is 2.00 bits per heavy atom. The van der Waals surface area contributed by atoms with Crippen molar-refractivity contribution in [1.82, 2.24) is 4.90 Å². The van der Waals surface area contributed by atoms with Crippen LogP contribution in [0.3, 0.4) is 0 Å². The molecule has 1 aromatic rings. The van der Waals surface area contributed by atoms with Crippen LogP contribution in [-0.4, -0.2) is 34.5 Å². The molecule has 1 atom stereocenters. The molecule has 0 heterocycles. The fourth-order valence-electron chi connectivity index (χ4n) is 1.71. The second-order valence-corrected chi connectivity index (χ2v) is 4.17. The van der Waals surface area contributed by atoms with Crippen LogP contribution in [0, 0.1) is 11.3 Å². The second kappa shape index (κ2) is 7.17. The third-order valence-electron chi connectivity index (χ3n) is 2.81. The Bertz CT molecular complexity index is 479. The molecule has 0 aliphatic heterocycles. The smallest absolute Gasteiger partial charge is 0.326 e. The number of rotatable bonds is 6. The van der Waals surface area contributed by atoms with Gasteiger partial charge in [0.1, 0.15) is 6.04 Å². The molecule has 0 saturated carbocycles. The Morgan fingerprint density at radius 1 is 1.37 bits per heavy atom. The molecular formula is C14H16N2O3. The van der Waals surface area contributed by atoms with Crippen molar-refractivity contribution >= 4 is 11.9 Å². The number of hydrogen-bond donors (Lipinski definition) is 1. The molecule has 0 spiro atoms. The lowest BCUT2D eigenvalue weighted by Crippen LogP contribution is -2.44. The molecule has 1 aromatic carbocycles. The summed E-state index contributed by atoms with van der Waals surface area (Å²) in [7, 11) is 0. The van der Waals surface area contributed by atoms with Crippen LogP contribution >= 0.6 is 0 Å². The van der Waals surface area contributed by atoms with Gasteiger partial charge in [0.2, 0.25) is 5.91 Å². The molecule has 100 valence electrons. The molecule has 1 N–H and O–H groups in total. The van der Waals surface area contributed by atoms with E-state index in [0.29, 0.717) is 0 Å². The Hall–Kier alpha value is -2.35. The van der Waals surface area contributed by atoms with Crippen molar-refractivity contribution in [2.75, 3.05) is 6.54 Å². The summed E-state index contributed by atoms with van der Waals surface area (Å²) >= 11 is 0. The van der Waals surface area contributed by atoms with E-state index in [1.165, 1.54) is 11.8 Å². The number of carbonyl (C=O) groups is 2. The van der Waals surface area contributed by atoms with Crippen LogP contribution < -0.4 is 0 Å². The first-order valence-electron chi connectivity index (χ1n) is 5.99. The van der Waals surface area contributed by atoms with Crippen LogP contribution in [0.25, 0.3) is 0 Å². The van der Waals surface area contributed by atoms with Crippen molar-refractivity contribution in [1.29, 1.82) is 5.26 Å². The Labute approximate surface area is 112 Å². The summed E-state index contributed by atoms with van der Waals surface area (Å²) in [4.78, 5) is 24.3. The maximum atomic E-state index is 12.1. The number of amides is 1. The largest absolute Gasteiger partial charge is 0.480 e. The van der Waals surface area contributed by atoms with Gasteiger partial charge < -0.3 is 10.0 Å². The van der Waals surface area contributed by atoms with Crippen molar-refractivity contribution in [3.8, 4) is 6.07 Å². The zero-order valence-corrected chi connectivity index (χ0v) is 10.7. The minimum atomic E-state index is -1.07. The summed E-state index contributed by atoms with van der Waals surface area (Å²) in [5, 5.41) is 17.6. The predicted octanol–water partition coefficient (Wildman–Crippen LogP) is 1.44. The van der Waals surface area contributed by atoms with Crippen molar-refractivity contribution < 1.29 is 14.7 Å². The predicted molar refractivity (Wildman–Crippen MR) is 69.2 cm³/mol. The van der Waals surface area contributed by atoms with Gasteiger partial charge >= 0.3 is 5.97 Å². The molecule has 1 amide bonds. The molecule has 0 radical (unpaired) electrons. The van der Waals surface area contributed by atoms with Gasteiger partial charge in [-0.15, -0.1) is 0 Å². The molecule has 0 saturated heterocycles. The first-order valence-corrected chi connectivity index (χ1v) is 5.99. The van der Waals surface area contributed by atoms with E-state index in [2.05, 4.69) is 0 Å². The van der Waals surface area contributed by atoms with Gasteiger partial charge in [-0.3, -0.25) is 4.79 Å². The standard InChI is InChI=1S/C14H16N2O3/c1-11(14(18)19)16(9-5-8-15)13(17)10-12-6-3-2-4-7-12/h2-4,6-7,11H,5,9-10H2,1H3,(H,18,19). The zero-order chi connectivity index (χ0) is 14.3. The van der Waals surface area contributed by atoms with Gasteiger partial charge in [-0.25, -0.2) is 4.79 Å². The van der Waals surface area contributed by atoms with Gasteiger partial charge in [-0.05, 0) is 12.5 Å². The minimum absolute atomic E-state index is 0.123. The van der Waals surface area contributed by atoms with E-state index in [0.717, 1.165) is 5.56 Å². The lowest BCUT2D eigenvalue weighted by molar-refractivity contribution is -0.149. The highest BCUT2D eigenvalue weighted by Crippen LogP contribution is 2.07. The highest BCUT2D eigenvalue weighted by Gasteiger charge is 2.24. The van der Waals surface area contributed by atoms with Gasteiger partial charge in [0.25, 0.3) is 0 Å². The number of carbonyl (C=O) groups excluding carboxylic acids is 1. The summed E-state index contributed by atoms with van der Waals surface area (Å²) in [5.41, 5.74) is 0.826. The Kier molecular flexibility index (Phi) is 5.55. The molecule has 5 heteroatoms. The van der Waals surface area contributed by atoms with E-state index in [-0.39, 0.29) is 25.3 Å². The van der Waals surface area contributed by atoms with Crippen molar-refractivity contribution in [2.45, 2.75) is 25.8 Å². The summed E-state index contributed by atoms with van der Waals surface area (Å²) in [5.74, 6) is -1.35. The lowest BCUT2D eigenvalue weighted by atomic mass is 10.1. The Morgan fingerprint density at radius 3 is 2.53 bits per heavy atom. The first kappa shape index (κ1) is 14.7. The van der Waals surface area contributed by atoms with Crippen LogP contribution in [-0.2, 0) is 16.0 Å². The zero-order valence-electron chi connectivity index (χ0n) is 10.7. The van der Waals surface area contributed by atoms with Crippen molar-refractivity contribution in [3.05, 3.63) is 35.9 Å². The lowest BCUT2D eigenvalue weighted by Gasteiger charge is -2.25. The highest BCUT2D eigenvalue weighted by molar-refractivity contribution is 5.84. The molecule has 0 bridgehead atoms. The highest BCUT2D eigenvalue weighted by atomic mass is 16.4. The number of nitrogens with zero attached hydrogens (tertiary/aromatic N) is 2. The summed E-state index contributed by atoms with van der Waals surface area (Å²) in [6, 6.07) is 10.1. The Balaban J connectivity index is 2.77. The number of carboxylic acid groups (broad SMARTS) is 1. The number of hydrogen-bond acceptors (Lipinski definition) is 3. The third kappa shape index (κ3) is 4.43. The third-order valence-corrected chi connectivity index (χ3v) is 2.81. The van der Waals surface area contributed by atoms with Gasteiger partial charge in [-0.2, -0.15) is 5.26 Å². The van der Waals surface area contributed by atoms with Crippen LogP contribution in [0.2, 0.25) is 0 Å². The molecule has 19 heavy (non-hydrogen) atoms. The number of benzene rings is 1. The molecule has 0 aromatic heterocycles. The summed E-state index contributed by atoms with van der Waals surface area (Å²) < 4.78 is 0. The molecule has 1 unspecified atom stereocenters. The van der Waals surface area contributed by atoms with Gasteiger partial charge in [-0.1, -0.05) is 30.3 Å². The second-order valence-electron chi connectivity index (χ2n) is 4.17. The quantitative estimate of drug-likeness (QED) is 0.839. The maximum absolute atomic E-state index is 12.1. The number of carboxylic acids is 1. The average molecular weight is 260 g/mol. The van der Waals surface area contributed by atoms with Crippen molar-refractivity contribution in [3.63, 3.8) is 0 Å². The summed E-state index contributed by atoms with van der Waals surface area (Å²) in [6.45, 7) is 1.58. The molecule has 0 fully saturated rings. The monoisotopic (exact) mass is 260 g/mol. The van der Waals surface area contributed by atoms with E-state index in [1.54, 1.807) is 0 Å². The molecule has 0 aliphatic rings. The SMILES string of the molecule is CC(C(=O)O)N(CCC#N)C(=O)Cc1ccccc1. The van der Waals surface area contributed by atoms with Crippen molar-refractivity contribution in [2.24, 2.45) is 0 Å². The first-order chi connectivity index (χ1) is 9.06. The number of nitriles is 1.